The summed E-state index contributed by atoms with van der Waals surface area (Å²) in [4.78, 5) is 4.70. The SMILES string of the molecule is CC1(C)c2cc(N(c3ccccc3)c3ccc(-c4ccc(N(c5ccccc5)c5ccc(-c6ccccc6)cc5)cc4)cc3)ccc2C2C=CC=CC21. The van der Waals surface area contributed by atoms with Crippen LogP contribution in [-0.4, -0.2) is 0 Å². The Hall–Kier alpha value is -6.38. The first kappa shape index (κ1) is 32.5. The smallest absolute Gasteiger partial charge is 0.0464 e. The maximum Gasteiger partial charge on any atom is 0.0464 e. The third kappa shape index (κ3) is 6.07. The van der Waals surface area contributed by atoms with Crippen molar-refractivity contribution in [2.45, 2.75) is 25.2 Å². The molecule has 2 heteroatoms. The van der Waals surface area contributed by atoms with E-state index in [-0.39, 0.29) is 5.41 Å². The van der Waals surface area contributed by atoms with Crippen LogP contribution in [0.3, 0.4) is 0 Å². The van der Waals surface area contributed by atoms with Crippen LogP contribution in [0.25, 0.3) is 22.3 Å². The van der Waals surface area contributed by atoms with E-state index in [9.17, 15) is 0 Å². The molecule has 0 N–H and O–H groups in total. The quantitative estimate of drug-likeness (QED) is 0.157. The van der Waals surface area contributed by atoms with Crippen LogP contribution >= 0.6 is 0 Å². The molecular formula is C51H42N2. The van der Waals surface area contributed by atoms with Crippen LogP contribution in [0.15, 0.2) is 206 Å². The molecule has 0 saturated carbocycles. The number of allylic oxidation sites excluding steroid dienone is 4. The summed E-state index contributed by atoms with van der Waals surface area (Å²) >= 11 is 0. The summed E-state index contributed by atoms with van der Waals surface area (Å²) in [6, 6.07) is 65.7. The predicted molar refractivity (Wildman–Crippen MR) is 224 cm³/mol. The Labute approximate surface area is 313 Å². The Kier molecular flexibility index (Phi) is 8.37. The first-order valence-corrected chi connectivity index (χ1v) is 18.6. The highest BCUT2D eigenvalue weighted by molar-refractivity contribution is 5.82. The van der Waals surface area contributed by atoms with Crippen molar-refractivity contribution in [1.29, 1.82) is 0 Å². The zero-order valence-electron chi connectivity index (χ0n) is 30.2. The first-order valence-electron chi connectivity index (χ1n) is 18.6. The van der Waals surface area contributed by atoms with E-state index in [1.807, 2.05) is 0 Å². The summed E-state index contributed by atoms with van der Waals surface area (Å²) < 4.78 is 0. The molecule has 7 aromatic carbocycles. The van der Waals surface area contributed by atoms with E-state index in [1.165, 1.54) is 39.1 Å². The molecule has 9 rings (SSSR count). The maximum atomic E-state index is 2.43. The van der Waals surface area contributed by atoms with Gasteiger partial charge in [-0.2, -0.15) is 0 Å². The molecule has 7 aromatic rings. The molecule has 0 radical (unpaired) electrons. The van der Waals surface area contributed by atoms with Gasteiger partial charge in [-0.15, -0.1) is 0 Å². The average molecular weight is 683 g/mol. The molecule has 0 heterocycles. The van der Waals surface area contributed by atoms with Crippen molar-refractivity contribution in [3.63, 3.8) is 0 Å². The van der Waals surface area contributed by atoms with Gasteiger partial charge in [0, 0.05) is 40.0 Å². The van der Waals surface area contributed by atoms with Crippen molar-refractivity contribution < 1.29 is 0 Å². The molecular weight excluding hydrogens is 641 g/mol. The lowest BCUT2D eigenvalue weighted by molar-refractivity contribution is 0.394. The van der Waals surface area contributed by atoms with E-state index in [4.69, 9.17) is 0 Å². The Morgan fingerprint density at radius 3 is 1.25 bits per heavy atom. The molecule has 0 bridgehead atoms. The van der Waals surface area contributed by atoms with Gasteiger partial charge in [-0.05, 0) is 118 Å². The van der Waals surface area contributed by atoms with Crippen LogP contribution in [0, 0.1) is 5.92 Å². The van der Waals surface area contributed by atoms with Crippen LogP contribution < -0.4 is 9.80 Å². The summed E-state index contributed by atoms with van der Waals surface area (Å²) in [5.74, 6) is 0.920. The number of para-hydroxylation sites is 2. The second kappa shape index (κ2) is 13.6. The number of anilines is 6. The summed E-state index contributed by atoms with van der Waals surface area (Å²) in [6.07, 6.45) is 9.19. The van der Waals surface area contributed by atoms with Crippen LogP contribution in [0.5, 0.6) is 0 Å². The Bertz CT molecular complexity index is 2390. The molecule has 256 valence electrons. The zero-order chi connectivity index (χ0) is 35.8. The normalized spacial score (nSPS) is 16.5. The van der Waals surface area contributed by atoms with Crippen molar-refractivity contribution in [2.24, 2.45) is 5.92 Å². The summed E-state index contributed by atoms with van der Waals surface area (Å²) in [5.41, 5.74) is 14.6. The van der Waals surface area contributed by atoms with Crippen molar-refractivity contribution >= 4 is 34.1 Å². The largest absolute Gasteiger partial charge is 0.311 e. The zero-order valence-corrected chi connectivity index (χ0v) is 30.2. The molecule has 53 heavy (non-hydrogen) atoms. The lowest BCUT2D eigenvalue weighted by atomic mass is 9.74. The van der Waals surface area contributed by atoms with Gasteiger partial charge in [-0.25, -0.2) is 0 Å². The number of rotatable bonds is 8. The number of hydrogen-bond donors (Lipinski definition) is 0. The third-order valence-electron chi connectivity index (χ3n) is 11.2. The molecule has 0 aromatic heterocycles. The van der Waals surface area contributed by atoms with Gasteiger partial charge in [0.25, 0.3) is 0 Å². The highest BCUT2D eigenvalue weighted by Crippen LogP contribution is 2.54. The van der Waals surface area contributed by atoms with Gasteiger partial charge < -0.3 is 9.80 Å². The minimum absolute atomic E-state index is 0.0529. The fourth-order valence-corrected chi connectivity index (χ4v) is 8.39. The Morgan fingerprint density at radius 1 is 0.377 bits per heavy atom. The minimum Gasteiger partial charge on any atom is -0.311 e. The minimum atomic E-state index is 0.0529. The molecule has 0 spiro atoms. The molecule has 2 unspecified atom stereocenters. The van der Waals surface area contributed by atoms with E-state index >= 15 is 0 Å². The van der Waals surface area contributed by atoms with E-state index in [0.717, 1.165) is 28.4 Å². The standard InChI is InChI=1S/C51H42N2/c1-51(2)49-21-13-12-20-47(49)48-35-34-46(36-50(48)51)53(42-18-10-5-11-19-42)45-32-26-40(27-33-45)39-24-30-44(31-25-39)52(41-16-8-4-9-17-41)43-28-22-38(23-29-43)37-14-6-3-7-15-37/h3-36,47,49H,1-2H3. The number of hydrogen-bond acceptors (Lipinski definition) is 2. The second-order valence-electron chi connectivity index (χ2n) is 14.7. The lowest BCUT2D eigenvalue weighted by Gasteiger charge is -2.30. The van der Waals surface area contributed by atoms with E-state index in [2.05, 4.69) is 230 Å². The molecule has 2 atom stereocenters. The fraction of sp³-hybridized carbons (Fsp3) is 0.0980. The van der Waals surface area contributed by atoms with Gasteiger partial charge >= 0.3 is 0 Å². The van der Waals surface area contributed by atoms with Gasteiger partial charge in [0.05, 0.1) is 0 Å². The highest BCUT2D eigenvalue weighted by atomic mass is 15.1. The number of fused-ring (bicyclic) bond motifs is 3. The molecule has 2 aliphatic rings. The molecule has 2 nitrogen and oxygen atoms in total. The predicted octanol–water partition coefficient (Wildman–Crippen LogP) is 14.1. The van der Waals surface area contributed by atoms with Crippen LogP contribution in [0.1, 0.15) is 30.9 Å². The Morgan fingerprint density at radius 2 is 0.755 bits per heavy atom. The van der Waals surface area contributed by atoms with Crippen LogP contribution in [-0.2, 0) is 5.41 Å². The van der Waals surface area contributed by atoms with Crippen molar-refractivity contribution in [3.8, 4) is 22.3 Å². The van der Waals surface area contributed by atoms with Gasteiger partial charge in [-0.1, -0.05) is 147 Å². The van der Waals surface area contributed by atoms with E-state index in [0.29, 0.717) is 11.8 Å². The second-order valence-corrected chi connectivity index (χ2v) is 14.7. The van der Waals surface area contributed by atoms with Gasteiger partial charge in [0.2, 0.25) is 0 Å². The topological polar surface area (TPSA) is 6.48 Å². The number of nitrogens with zero attached hydrogens (tertiary/aromatic N) is 2. The maximum absolute atomic E-state index is 2.43. The summed E-state index contributed by atoms with van der Waals surface area (Å²) in [5, 5.41) is 0. The highest BCUT2D eigenvalue weighted by Gasteiger charge is 2.44. The first-order chi connectivity index (χ1) is 26.0. The van der Waals surface area contributed by atoms with Crippen LogP contribution in [0.4, 0.5) is 34.1 Å². The lowest BCUT2D eigenvalue weighted by Crippen LogP contribution is -2.24. The molecule has 0 fully saturated rings. The molecule has 0 saturated heterocycles. The average Bonchev–Trinajstić information content (AvgIpc) is 3.45. The van der Waals surface area contributed by atoms with E-state index < -0.39 is 0 Å². The monoisotopic (exact) mass is 682 g/mol. The van der Waals surface area contributed by atoms with Gasteiger partial charge in [-0.3, -0.25) is 0 Å². The summed E-state index contributed by atoms with van der Waals surface area (Å²) in [7, 11) is 0. The van der Waals surface area contributed by atoms with Crippen molar-refractivity contribution in [2.75, 3.05) is 9.80 Å². The van der Waals surface area contributed by atoms with Crippen LogP contribution in [0.2, 0.25) is 0 Å². The van der Waals surface area contributed by atoms with Crippen molar-refractivity contribution in [3.05, 3.63) is 217 Å². The third-order valence-corrected chi connectivity index (χ3v) is 11.2. The van der Waals surface area contributed by atoms with Gasteiger partial charge in [0.1, 0.15) is 0 Å². The Balaban J connectivity index is 1.02. The van der Waals surface area contributed by atoms with Crippen molar-refractivity contribution in [1.82, 2.24) is 0 Å². The molecule has 0 aliphatic heterocycles. The molecule has 0 amide bonds. The van der Waals surface area contributed by atoms with Gasteiger partial charge in [0.15, 0.2) is 0 Å². The molecule has 2 aliphatic carbocycles. The van der Waals surface area contributed by atoms with E-state index in [1.54, 1.807) is 0 Å². The number of benzene rings is 7. The summed E-state index contributed by atoms with van der Waals surface area (Å²) in [6.45, 7) is 4.80. The fourth-order valence-electron chi connectivity index (χ4n) is 8.39.